The Balaban J connectivity index is 2.26. The Morgan fingerprint density at radius 3 is 2.62 bits per heavy atom. The first-order valence-corrected chi connectivity index (χ1v) is 8.39. The van der Waals surface area contributed by atoms with Crippen LogP contribution in [-0.4, -0.2) is 30.7 Å². The Morgan fingerprint density at radius 2 is 2.00 bits per heavy atom. The highest BCUT2D eigenvalue weighted by atomic mass is 35.5. The van der Waals surface area contributed by atoms with E-state index in [1.54, 1.807) is 31.2 Å². The first-order valence-electron chi connectivity index (χ1n) is 8.01. The van der Waals surface area contributed by atoms with E-state index in [2.05, 4.69) is 5.32 Å². The first-order chi connectivity index (χ1) is 12.4. The highest BCUT2D eigenvalue weighted by Crippen LogP contribution is 2.36. The van der Waals surface area contributed by atoms with Crippen molar-refractivity contribution in [3.63, 3.8) is 0 Å². The maximum Gasteiger partial charge on any atom is 0.310 e. The standard InChI is InChI=1S/C19H20ClNO5/c1-4-26-17-15(20)9-13(10-16(17)25-3)18(22)21-14-7-5-6-12(8-14)11(2)19(23)24/h5-11H,4H2,1-3H3,(H,21,22)(H,23,24). The summed E-state index contributed by atoms with van der Waals surface area (Å²) < 4.78 is 10.7. The number of hydrogen-bond acceptors (Lipinski definition) is 4. The van der Waals surface area contributed by atoms with Gasteiger partial charge < -0.3 is 19.9 Å². The van der Waals surface area contributed by atoms with E-state index in [1.807, 2.05) is 6.92 Å². The third-order valence-corrected chi connectivity index (χ3v) is 4.08. The number of benzene rings is 2. The average Bonchev–Trinajstić information content (AvgIpc) is 2.62. The van der Waals surface area contributed by atoms with Crippen LogP contribution >= 0.6 is 11.6 Å². The van der Waals surface area contributed by atoms with Crippen molar-refractivity contribution in [1.82, 2.24) is 0 Å². The fourth-order valence-corrected chi connectivity index (χ4v) is 2.63. The van der Waals surface area contributed by atoms with Gasteiger partial charge in [-0.05, 0) is 43.7 Å². The zero-order chi connectivity index (χ0) is 19.3. The van der Waals surface area contributed by atoms with Gasteiger partial charge in [0.1, 0.15) is 0 Å². The van der Waals surface area contributed by atoms with Crippen LogP contribution < -0.4 is 14.8 Å². The van der Waals surface area contributed by atoms with Crippen molar-refractivity contribution in [1.29, 1.82) is 0 Å². The number of anilines is 1. The molecule has 0 bridgehead atoms. The molecule has 2 aromatic carbocycles. The summed E-state index contributed by atoms with van der Waals surface area (Å²) in [7, 11) is 1.46. The number of carboxylic acid groups (broad SMARTS) is 1. The second-order valence-electron chi connectivity index (χ2n) is 5.56. The van der Waals surface area contributed by atoms with Crippen molar-refractivity contribution in [3.8, 4) is 11.5 Å². The van der Waals surface area contributed by atoms with E-state index in [4.69, 9.17) is 26.2 Å². The van der Waals surface area contributed by atoms with Crippen LogP contribution in [0.5, 0.6) is 11.5 Å². The van der Waals surface area contributed by atoms with Gasteiger partial charge in [0.15, 0.2) is 11.5 Å². The van der Waals surface area contributed by atoms with Gasteiger partial charge in [-0.1, -0.05) is 23.7 Å². The molecule has 2 N–H and O–H groups in total. The van der Waals surface area contributed by atoms with Crippen LogP contribution in [0.25, 0.3) is 0 Å². The molecule has 1 atom stereocenters. The lowest BCUT2D eigenvalue weighted by Crippen LogP contribution is -2.13. The molecule has 1 unspecified atom stereocenters. The molecule has 138 valence electrons. The van der Waals surface area contributed by atoms with E-state index in [-0.39, 0.29) is 5.02 Å². The van der Waals surface area contributed by atoms with Gasteiger partial charge in [0.05, 0.1) is 24.7 Å². The molecule has 0 aliphatic carbocycles. The number of carbonyl (C=O) groups is 2. The normalized spacial score (nSPS) is 11.5. The van der Waals surface area contributed by atoms with Crippen LogP contribution in [0.3, 0.4) is 0 Å². The van der Waals surface area contributed by atoms with Crippen LogP contribution in [0, 0.1) is 0 Å². The van der Waals surface area contributed by atoms with Crippen LogP contribution in [-0.2, 0) is 4.79 Å². The minimum absolute atomic E-state index is 0.268. The monoisotopic (exact) mass is 377 g/mol. The van der Waals surface area contributed by atoms with Crippen LogP contribution in [0.2, 0.25) is 5.02 Å². The van der Waals surface area contributed by atoms with Crippen LogP contribution in [0.1, 0.15) is 35.7 Å². The molecule has 26 heavy (non-hydrogen) atoms. The van der Waals surface area contributed by atoms with E-state index in [0.717, 1.165) is 0 Å². The SMILES string of the molecule is CCOc1c(Cl)cc(C(=O)Nc2cccc(C(C)C(=O)O)c2)cc1OC. The molecule has 6 nitrogen and oxygen atoms in total. The largest absolute Gasteiger partial charge is 0.493 e. The number of carboxylic acids is 1. The molecule has 2 rings (SSSR count). The lowest BCUT2D eigenvalue weighted by Gasteiger charge is -2.14. The van der Waals surface area contributed by atoms with Gasteiger partial charge in [-0.2, -0.15) is 0 Å². The van der Waals surface area contributed by atoms with Crippen LogP contribution in [0.15, 0.2) is 36.4 Å². The van der Waals surface area contributed by atoms with Gasteiger partial charge in [-0.3, -0.25) is 9.59 Å². The Morgan fingerprint density at radius 1 is 1.27 bits per heavy atom. The van der Waals surface area contributed by atoms with Crippen molar-refractivity contribution in [2.24, 2.45) is 0 Å². The lowest BCUT2D eigenvalue weighted by atomic mass is 10.0. The number of ether oxygens (including phenoxy) is 2. The average molecular weight is 378 g/mol. The van der Waals surface area contributed by atoms with Gasteiger partial charge in [0.2, 0.25) is 0 Å². The van der Waals surface area contributed by atoms with Gasteiger partial charge in [0, 0.05) is 11.3 Å². The van der Waals surface area contributed by atoms with E-state index < -0.39 is 17.8 Å². The van der Waals surface area contributed by atoms with E-state index in [0.29, 0.717) is 34.9 Å². The molecule has 0 aromatic heterocycles. The topological polar surface area (TPSA) is 84.9 Å². The molecule has 7 heteroatoms. The second-order valence-corrected chi connectivity index (χ2v) is 5.97. The highest BCUT2D eigenvalue weighted by Gasteiger charge is 2.17. The maximum atomic E-state index is 12.5. The van der Waals surface area contributed by atoms with Gasteiger partial charge in [-0.25, -0.2) is 0 Å². The molecule has 0 saturated carbocycles. The number of methoxy groups -OCH3 is 1. The fraction of sp³-hybridized carbons (Fsp3) is 0.263. The van der Waals surface area contributed by atoms with E-state index >= 15 is 0 Å². The number of nitrogens with one attached hydrogen (secondary N) is 1. The van der Waals surface area contributed by atoms with Crippen molar-refractivity contribution < 1.29 is 24.2 Å². The number of carbonyl (C=O) groups excluding carboxylic acids is 1. The molecule has 0 heterocycles. The summed E-state index contributed by atoms with van der Waals surface area (Å²) in [6, 6.07) is 9.73. The quantitative estimate of drug-likeness (QED) is 0.755. The summed E-state index contributed by atoms with van der Waals surface area (Å²) in [4.78, 5) is 23.7. The zero-order valence-corrected chi connectivity index (χ0v) is 15.5. The predicted molar refractivity (Wildman–Crippen MR) is 99.6 cm³/mol. The maximum absolute atomic E-state index is 12.5. The summed E-state index contributed by atoms with van der Waals surface area (Å²) in [5.41, 5.74) is 1.38. The number of hydrogen-bond donors (Lipinski definition) is 2. The molecule has 0 fully saturated rings. The van der Waals surface area contributed by atoms with Gasteiger partial charge >= 0.3 is 5.97 Å². The Labute approximate surface area is 156 Å². The molecule has 0 radical (unpaired) electrons. The van der Waals surface area contributed by atoms with Crippen molar-refractivity contribution in [2.45, 2.75) is 19.8 Å². The summed E-state index contributed by atoms with van der Waals surface area (Å²) in [5.74, 6) is -1.26. The van der Waals surface area contributed by atoms with Crippen molar-refractivity contribution >= 4 is 29.2 Å². The van der Waals surface area contributed by atoms with Gasteiger partial charge in [-0.15, -0.1) is 0 Å². The minimum Gasteiger partial charge on any atom is -0.493 e. The lowest BCUT2D eigenvalue weighted by molar-refractivity contribution is -0.138. The molecule has 0 saturated heterocycles. The molecule has 0 spiro atoms. The molecule has 0 aliphatic heterocycles. The predicted octanol–water partition coefficient (Wildman–Crippen LogP) is 4.19. The first kappa shape index (κ1) is 19.6. The minimum atomic E-state index is -0.934. The van der Waals surface area contributed by atoms with Gasteiger partial charge in [0.25, 0.3) is 5.91 Å². The van der Waals surface area contributed by atoms with E-state index in [1.165, 1.54) is 19.2 Å². The molecule has 1 amide bonds. The number of aliphatic carboxylic acids is 1. The third-order valence-electron chi connectivity index (χ3n) is 3.80. The Hall–Kier alpha value is -2.73. The second kappa shape index (κ2) is 8.58. The summed E-state index contributed by atoms with van der Waals surface area (Å²) in [6.45, 7) is 3.82. The molecular formula is C19H20ClNO5. The smallest absolute Gasteiger partial charge is 0.310 e. The number of rotatable bonds is 7. The summed E-state index contributed by atoms with van der Waals surface area (Å²) in [6.07, 6.45) is 0. The molecule has 0 aliphatic rings. The van der Waals surface area contributed by atoms with Crippen LogP contribution in [0.4, 0.5) is 5.69 Å². The summed E-state index contributed by atoms with van der Waals surface area (Å²) in [5, 5.41) is 12.1. The zero-order valence-electron chi connectivity index (χ0n) is 14.7. The van der Waals surface area contributed by atoms with Crippen molar-refractivity contribution in [2.75, 3.05) is 19.0 Å². The van der Waals surface area contributed by atoms with Crippen molar-refractivity contribution in [3.05, 3.63) is 52.5 Å². The highest BCUT2D eigenvalue weighted by molar-refractivity contribution is 6.32. The number of halogens is 1. The summed E-state index contributed by atoms with van der Waals surface area (Å²) >= 11 is 6.19. The third kappa shape index (κ3) is 4.46. The Kier molecular flexibility index (Phi) is 6.46. The number of amides is 1. The fourth-order valence-electron chi connectivity index (χ4n) is 2.37. The molecule has 2 aromatic rings. The van der Waals surface area contributed by atoms with E-state index in [9.17, 15) is 9.59 Å². The molecular weight excluding hydrogens is 358 g/mol. The Bertz CT molecular complexity index is 822.